The quantitative estimate of drug-likeness (QED) is 0.277. The van der Waals surface area contributed by atoms with Gasteiger partial charge in [0.05, 0.1) is 25.8 Å². The second kappa shape index (κ2) is 10.3. The first-order valence-corrected chi connectivity index (χ1v) is 10.6. The van der Waals surface area contributed by atoms with Crippen LogP contribution in [0.3, 0.4) is 0 Å². The number of ether oxygens (including phenoxy) is 3. The number of carbonyl (C=O) groups excluding carboxylic acids is 2. The van der Waals surface area contributed by atoms with Crippen LogP contribution in [-0.2, 0) is 20.7 Å². The molecular formula is C25H29NO6. The Hall–Kier alpha value is -3.32. The van der Waals surface area contributed by atoms with Crippen molar-refractivity contribution >= 4 is 17.4 Å². The molecule has 1 atom stereocenters. The Bertz CT molecular complexity index is 989. The van der Waals surface area contributed by atoms with Crippen LogP contribution in [0, 0.1) is 0 Å². The van der Waals surface area contributed by atoms with Crippen LogP contribution in [0.1, 0.15) is 36.1 Å². The molecular weight excluding hydrogens is 410 g/mol. The monoisotopic (exact) mass is 439 g/mol. The van der Waals surface area contributed by atoms with Crippen LogP contribution in [0.15, 0.2) is 48.0 Å². The Morgan fingerprint density at radius 1 is 1.00 bits per heavy atom. The van der Waals surface area contributed by atoms with Gasteiger partial charge in [0, 0.05) is 20.3 Å². The van der Waals surface area contributed by atoms with Crippen molar-refractivity contribution in [2.75, 3.05) is 34.5 Å². The molecule has 1 unspecified atom stereocenters. The molecule has 1 saturated heterocycles. The lowest BCUT2D eigenvalue weighted by Gasteiger charge is -2.25. The molecule has 7 heteroatoms. The van der Waals surface area contributed by atoms with Crippen molar-refractivity contribution in [2.24, 2.45) is 0 Å². The van der Waals surface area contributed by atoms with Gasteiger partial charge in [-0.05, 0) is 36.1 Å². The molecule has 0 aromatic heterocycles. The lowest BCUT2D eigenvalue weighted by atomic mass is 9.94. The summed E-state index contributed by atoms with van der Waals surface area (Å²) in [4.78, 5) is 27.6. The smallest absolute Gasteiger partial charge is 0.295 e. The Kier molecular flexibility index (Phi) is 7.53. The number of Topliss-reactive ketones (excluding diaryl/α,β-unsaturated/α-hetero) is 1. The maximum atomic E-state index is 13.1. The van der Waals surface area contributed by atoms with Gasteiger partial charge >= 0.3 is 0 Å². The van der Waals surface area contributed by atoms with Gasteiger partial charge in [0.2, 0.25) is 0 Å². The predicted molar refractivity (Wildman–Crippen MR) is 121 cm³/mol. The number of aliphatic hydroxyl groups excluding tert-OH is 1. The maximum Gasteiger partial charge on any atom is 0.295 e. The van der Waals surface area contributed by atoms with E-state index in [1.807, 2.05) is 24.3 Å². The molecule has 0 radical (unpaired) electrons. The zero-order valence-electron chi connectivity index (χ0n) is 18.9. The average molecular weight is 440 g/mol. The highest BCUT2D eigenvalue weighted by molar-refractivity contribution is 6.46. The van der Waals surface area contributed by atoms with Crippen molar-refractivity contribution in [2.45, 2.75) is 25.8 Å². The zero-order chi connectivity index (χ0) is 23.3. The van der Waals surface area contributed by atoms with E-state index in [1.54, 1.807) is 25.3 Å². The van der Waals surface area contributed by atoms with Crippen molar-refractivity contribution in [3.8, 4) is 11.5 Å². The summed E-state index contributed by atoms with van der Waals surface area (Å²) in [5, 5.41) is 11.3. The van der Waals surface area contributed by atoms with Crippen LogP contribution >= 0.6 is 0 Å². The summed E-state index contributed by atoms with van der Waals surface area (Å²) in [6.45, 7) is 2.82. The second-order valence-electron chi connectivity index (χ2n) is 7.47. The fraction of sp³-hybridized carbons (Fsp3) is 0.360. The number of carbonyl (C=O) groups is 2. The van der Waals surface area contributed by atoms with Crippen LogP contribution in [0.4, 0.5) is 0 Å². The van der Waals surface area contributed by atoms with Crippen LogP contribution in [0.5, 0.6) is 11.5 Å². The van der Waals surface area contributed by atoms with Gasteiger partial charge in [-0.2, -0.15) is 0 Å². The molecule has 2 aromatic rings. The summed E-state index contributed by atoms with van der Waals surface area (Å²) in [7, 11) is 4.52. The highest BCUT2D eigenvalue weighted by Crippen LogP contribution is 2.43. The number of likely N-dealkylation sites (tertiary alicyclic amines) is 1. The van der Waals surface area contributed by atoms with E-state index >= 15 is 0 Å². The summed E-state index contributed by atoms with van der Waals surface area (Å²) in [5.41, 5.74) is 2.13. The second-order valence-corrected chi connectivity index (χ2v) is 7.47. The average Bonchev–Trinajstić information content (AvgIpc) is 3.08. The van der Waals surface area contributed by atoms with Crippen molar-refractivity contribution in [3.05, 3.63) is 64.7 Å². The summed E-state index contributed by atoms with van der Waals surface area (Å²) in [5.74, 6) is -1.03. The maximum absolute atomic E-state index is 13.1. The number of hydrogen-bond donors (Lipinski definition) is 1. The third kappa shape index (κ3) is 4.34. The highest BCUT2D eigenvalue weighted by Gasteiger charge is 2.46. The number of benzene rings is 2. The van der Waals surface area contributed by atoms with Crippen LogP contribution in [0.2, 0.25) is 0 Å². The molecule has 1 fully saturated rings. The molecule has 32 heavy (non-hydrogen) atoms. The number of aliphatic hydroxyl groups is 1. The summed E-state index contributed by atoms with van der Waals surface area (Å²) in [6, 6.07) is 12.0. The fourth-order valence-corrected chi connectivity index (χ4v) is 3.99. The van der Waals surface area contributed by atoms with E-state index in [0.29, 0.717) is 31.1 Å². The number of nitrogens with zero attached hydrogens (tertiary/aromatic N) is 1. The molecule has 1 N–H and O–H groups in total. The van der Waals surface area contributed by atoms with Crippen LogP contribution in [-0.4, -0.2) is 56.2 Å². The number of methoxy groups -OCH3 is 3. The van der Waals surface area contributed by atoms with E-state index in [9.17, 15) is 14.7 Å². The van der Waals surface area contributed by atoms with Crippen molar-refractivity contribution < 1.29 is 28.9 Å². The standard InChI is InChI=1S/C25H29NO6/c1-5-16-10-12-17(13-11-16)22-21(24(28)25(29)26(22)14-7-15-30-2)23(27)20-18(31-3)8-6-9-19(20)32-4/h6,8-13,22,27H,5,7,14-15H2,1-4H3/b23-21+. The van der Waals surface area contributed by atoms with Crippen LogP contribution in [0.25, 0.3) is 5.76 Å². The number of aryl methyl sites for hydroxylation is 1. The Morgan fingerprint density at radius 2 is 1.62 bits per heavy atom. The van der Waals surface area contributed by atoms with Crippen molar-refractivity contribution in [1.29, 1.82) is 0 Å². The van der Waals surface area contributed by atoms with Gasteiger partial charge in [0.25, 0.3) is 11.7 Å². The van der Waals surface area contributed by atoms with E-state index in [2.05, 4.69) is 6.92 Å². The minimum absolute atomic E-state index is 0.0134. The first-order chi connectivity index (χ1) is 15.5. The molecule has 2 aromatic carbocycles. The molecule has 0 spiro atoms. The molecule has 0 bridgehead atoms. The van der Waals surface area contributed by atoms with Gasteiger partial charge < -0.3 is 24.2 Å². The van der Waals surface area contributed by atoms with Crippen LogP contribution < -0.4 is 9.47 Å². The van der Waals surface area contributed by atoms with Crippen molar-refractivity contribution in [3.63, 3.8) is 0 Å². The Labute approximate surface area is 188 Å². The number of amides is 1. The third-order valence-electron chi connectivity index (χ3n) is 5.66. The van der Waals surface area contributed by atoms with Gasteiger partial charge in [-0.3, -0.25) is 9.59 Å². The van der Waals surface area contributed by atoms with E-state index in [-0.39, 0.29) is 16.9 Å². The Balaban J connectivity index is 2.21. The van der Waals surface area contributed by atoms with E-state index in [4.69, 9.17) is 14.2 Å². The lowest BCUT2D eigenvalue weighted by Crippen LogP contribution is -2.31. The highest BCUT2D eigenvalue weighted by atomic mass is 16.5. The number of ketones is 1. The predicted octanol–water partition coefficient (Wildman–Crippen LogP) is 3.72. The minimum atomic E-state index is -0.738. The third-order valence-corrected chi connectivity index (χ3v) is 5.66. The molecule has 0 saturated carbocycles. The summed E-state index contributed by atoms with van der Waals surface area (Å²) in [6.07, 6.45) is 1.43. The van der Waals surface area contributed by atoms with Gasteiger partial charge in [-0.25, -0.2) is 0 Å². The molecule has 170 valence electrons. The number of rotatable bonds is 9. The Morgan fingerprint density at radius 3 is 2.16 bits per heavy atom. The first-order valence-electron chi connectivity index (χ1n) is 10.6. The molecule has 1 heterocycles. The normalized spacial score (nSPS) is 17.6. The van der Waals surface area contributed by atoms with Crippen molar-refractivity contribution in [1.82, 2.24) is 4.90 Å². The largest absolute Gasteiger partial charge is 0.506 e. The fourth-order valence-electron chi connectivity index (χ4n) is 3.99. The van der Waals surface area contributed by atoms with Gasteiger partial charge in [0.15, 0.2) is 0 Å². The SMILES string of the molecule is CCc1ccc(C2/C(=C(\O)c3c(OC)cccc3OC)C(=O)C(=O)N2CCCOC)cc1. The minimum Gasteiger partial charge on any atom is -0.506 e. The summed E-state index contributed by atoms with van der Waals surface area (Å²) >= 11 is 0. The number of hydrogen-bond acceptors (Lipinski definition) is 6. The van der Waals surface area contributed by atoms with E-state index in [1.165, 1.54) is 19.1 Å². The van der Waals surface area contributed by atoms with E-state index in [0.717, 1.165) is 17.5 Å². The molecule has 3 rings (SSSR count). The summed E-state index contributed by atoms with van der Waals surface area (Å²) < 4.78 is 15.9. The molecule has 1 amide bonds. The first kappa shape index (κ1) is 23.3. The molecule has 7 nitrogen and oxygen atoms in total. The lowest BCUT2D eigenvalue weighted by molar-refractivity contribution is -0.140. The van der Waals surface area contributed by atoms with Gasteiger partial charge in [-0.1, -0.05) is 37.3 Å². The molecule has 0 aliphatic carbocycles. The topological polar surface area (TPSA) is 85.3 Å². The molecule has 1 aliphatic heterocycles. The van der Waals surface area contributed by atoms with Gasteiger partial charge in [0.1, 0.15) is 22.8 Å². The molecule has 1 aliphatic rings. The zero-order valence-corrected chi connectivity index (χ0v) is 18.9. The van der Waals surface area contributed by atoms with Gasteiger partial charge in [-0.15, -0.1) is 0 Å². The van der Waals surface area contributed by atoms with E-state index < -0.39 is 17.7 Å².